The topological polar surface area (TPSA) is 94.9 Å². The number of aromatic nitrogens is 1. The molecule has 0 aliphatic carbocycles. The van der Waals surface area contributed by atoms with E-state index in [9.17, 15) is 19.2 Å². The van der Waals surface area contributed by atoms with Crippen molar-refractivity contribution in [3.8, 4) is 5.75 Å². The molecule has 0 spiro atoms. The highest BCUT2D eigenvalue weighted by Gasteiger charge is 2.29. The molecule has 1 amide bonds. The number of ether oxygens (including phenoxy) is 2. The first-order valence-electron chi connectivity index (χ1n) is 11.9. The molecule has 4 rings (SSSR count). The predicted octanol–water partition coefficient (Wildman–Crippen LogP) is 2.91. The van der Waals surface area contributed by atoms with E-state index in [1.807, 2.05) is 30.3 Å². The third kappa shape index (κ3) is 5.54. The molecule has 36 heavy (non-hydrogen) atoms. The Kier molecular flexibility index (Phi) is 7.95. The fourth-order valence-electron chi connectivity index (χ4n) is 4.35. The molecule has 0 saturated heterocycles. The van der Waals surface area contributed by atoms with Gasteiger partial charge in [0.25, 0.3) is 11.5 Å². The maximum absolute atomic E-state index is 12.9. The van der Waals surface area contributed by atoms with Crippen LogP contribution in [-0.2, 0) is 28.9 Å². The Morgan fingerprint density at radius 2 is 1.61 bits per heavy atom. The second-order valence-electron chi connectivity index (χ2n) is 8.49. The second-order valence-corrected chi connectivity index (χ2v) is 8.49. The summed E-state index contributed by atoms with van der Waals surface area (Å²) in [5.41, 5.74) is 1.77. The van der Waals surface area contributed by atoms with Gasteiger partial charge < -0.3 is 18.9 Å². The van der Waals surface area contributed by atoms with Gasteiger partial charge in [0.05, 0.1) is 13.7 Å². The lowest BCUT2D eigenvalue weighted by Gasteiger charge is -2.18. The molecule has 0 saturated carbocycles. The lowest BCUT2D eigenvalue weighted by molar-refractivity contribution is -0.126. The van der Waals surface area contributed by atoms with Gasteiger partial charge in [0.1, 0.15) is 11.3 Å². The lowest BCUT2D eigenvalue weighted by Crippen LogP contribution is -2.38. The zero-order chi connectivity index (χ0) is 25.5. The molecule has 0 fully saturated rings. The first-order valence-corrected chi connectivity index (χ1v) is 11.9. The Hall–Kier alpha value is -4.20. The van der Waals surface area contributed by atoms with Crippen molar-refractivity contribution in [2.45, 2.75) is 25.8 Å². The maximum Gasteiger partial charge on any atom is 0.343 e. The van der Waals surface area contributed by atoms with Gasteiger partial charge in [-0.2, -0.15) is 0 Å². The molecule has 0 atom stereocenters. The SMILES string of the molecule is COC(=O)c1c(OCCCc2ccccc2)cc(=O)n2c1CCN(C(=O)C(=O)c1ccccc1)CC2. The molecule has 0 radical (unpaired) electrons. The number of rotatable bonds is 8. The van der Waals surface area contributed by atoms with Gasteiger partial charge in [-0.05, 0) is 18.4 Å². The van der Waals surface area contributed by atoms with Gasteiger partial charge in [-0.3, -0.25) is 14.4 Å². The molecule has 0 bridgehead atoms. The third-order valence-corrected chi connectivity index (χ3v) is 6.21. The molecule has 8 heteroatoms. The van der Waals surface area contributed by atoms with Crippen LogP contribution in [0.5, 0.6) is 5.75 Å². The number of hydrogen-bond donors (Lipinski definition) is 0. The van der Waals surface area contributed by atoms with E-state index in [4.69, 9.17) is 9.47 Å². The summed E-state index contributed by atoms with van der Waals surface area (Å²) >= 11 is 0. The van der Waals surface area contributed by atoms with E-state index in [0.29, 0.717) is 24.3 Å². The molecule has 3 aromatic rings. The van der Waals surface area contributed by atoms with Crippen LogP contribution < -0.4 is 10.3 Å². The van der Waals surface area contributed by atoms with Crippen LogP contribution in [-0.4, -0.2) is 53.9 Å². The summed E-state index contributed by atoms with van der Waals surface area (Å²) in [6.07, 6.45) is 1.70. The standard InChI is InChI=1S/C28H28N2O6/c1-35-28(34)25-22-14-15-29(27(33)26(32)21-12-6-3-7-13-21)16-17-30(22)24(31)19-23(25)36-18-8-11-20-9-4-2-5-10-20/h2-7,9-10,12-13,19H,8,11,14-18H2,1H3. The monoisotopic (exact) mass is 488 g/mol. The van der Waals surface area contributed by atoms with Gasteiger partial charge in [-0.1, -0.05) is 60.7 Å². The van der Waals surface area contributed by atoms with Crippen molar-refractivity contribution < 1.29 is 23.9 Å². The number of carbonyl (C=O) groups is 3. The number of fused-ring (bicyclic) bond motifs is 1. The molecule has 2 heterocycles. The summed E-state index contributed by atoms with van der Waals surface area (Å²) in [6, 6.07) is 19.6. The van der Waals surface area contributed by atoms with Crippen LogP contribution in [0, 0.1) is 0 Å². The zero-order valence-electron chi connectivity index (χ0n) is 20.1. The van der Waals surface area contributed by atoms with Gasteiger partial charge in [-0.15, -0.1) is 0 Å². The second kappa shape index (κ2) is 11.5. The number of benzene rings is 2. The Morgan fingerprint density at radius 3 is 2.31 bits per heavy atom. The Balaban J connectivity index is 1.52. The van der Waals surface area contributed by atoms with Crippen molar-refractivity contribution in [2.75, 3.05) is 26.8 Å². The average molecular weight is 489 g/mol. The molecule has 0 unspecified atom stereocenters. The summed E-state index contributed by atoms with van der Waals surface area (Å²) in [4.78, 5) is 52.7. The highest BCUT2D eigenvalue weighted by atomic mass is 16.5. The molecule has 8 nitrogen and oxygen atoms in total. The Morgan fingerprint density at radius 1 is 0.917 bits per heavy atom. The fraction of sp³-hybridized carbons (Fsp3) is 0.286. The van der Waals surface area contributed by atoms with Gasteiger partial charge in [0.15, 0.2) is 0 Å². The van der Waals surface area contributed by atoms with Gasteiger partial charge in [-0.25, -0.2) is 4.79 Å². The first-order chi connectivity index (χ1) is 17.5. The fourth-order valence-corrected chi connectivity index (χ4v) is 4.35. The third-order valence-electron chi connectivity index (χ3n) is 6.21. The number of aryl methyl sites for hydroxylation is 1. The van der Waals surface area contributed by atoms with E-state index < -0.39 is 17.7 Å². The largest absolute Gasteiger partial charge is 0.492 e. The minimum absolute atomic E-state index is 0.153. The van der Waals surface area contributed by atoms with Gasteiger partial charge in [0, 0.05) is 43.4 Å². The summed E-state index contributed by atoms with van der Waals surface area (Å²) in [5.74, 6) is -1.69. The molecular weight excluding hydrogens is 460 g/mol. The lowest BCUT2D eigenvalue weighted by atomic mass is 10.1. The number of Topliss-reactive ketones (excluding diaryl/α,β-unsaturated/α-hetero) is 1. The number of methoxy groups -OCH3 is 1. The molecule has 1 aliphatic rings. The molecule has 2 aromatic carbocycles. The molecule has 0 N–H and O–H groups in total. The van der Waals surface area contributed by atoms with Crippen molar-refractivity contribution in [3.63, 3.8) is 0 Å². The van der Waals surface area contributed by atoms with E-state index >= 15 is 0 Å². The number of esters is 1. The predicted molar refractivity (Wildman–Crippen MR) is 133 cm³/mol. The zero-order valence-corrected chi connectivity index (χ0v) is 20.1. The number of amides is 1. The van der Waals surface area contributed by atoms with E-state index in [1.165, 1.54) is 28.2 Å². The summed E-state index contributed by atoms with van der Waals surface area (Å²) < 4.78 is 12.4. The number of nitrogens with zero attached hydrogens (tertiary/aromatic N) is 2. The van der Waals surface area contributed by atoms with Crippen LogP contribution in [0.1, 0.15) is 38.4 Å². The average Bonchev–Trinajstić information content (AvgIpc) is 3.15. The molecule has 186 valence electrons. The van der Waals surface area contributed by atoms with Crippen LogP contribution >= 0.6 is 0 Å². The molecular formula is C28H28N2O6. The van der Waals surface area contributed by atoms with E-state index in [1.54, 1.807) is 30.3 Å². The number of ketones is 1. The van der Waals surface area contributed by atoms with Crippen LogP contribution in [0.25, 0.3) is 0 Å². The summed E-state index contributed by atoms with van der Waals surface area (Å²) in [6.45, 7) is 0.818. The van der Waals surface area contributed by atoms with Crippen LogP contribution in [0.4, 0.5) is 0 Å². The minimum Gasteiger partial charge on any atom is -0.492 e. The molecule has 1 aromatic heterocycles. The Bertz CT molecular complexity index is 1300. The van der Waals surface area contributed by atoms with Crippen LogP contribution in [0.15, 0.2) is 71.5 Å². The first kappa shape index (κ1) is 24.9. The maximum atomic E-state index is 12.9. The van der Waals surface area contributed by atoms with E-state index in [2.05, 4.69) is 0 Å². The van der Waals surface area contributed by atoms with Gasteiger partial charge >= 0.3 is 5.97 Å². The van der Waals surface area contributed by atoms with Crippen LogP contribution in [0.2, 0.25) is 0 Å². The van der Waals surface area contributed by atoms with Crippen LogP contribution in [0.3, 0.4) is 0 Å². The Labute approximate surface area is 209 Å². The highest BCUT2D eigenvalue weighted by molar-refractivity contribution is 6.42. The normalized spacial score (nSPS) is 12.9. The summed E-state index contributed by atoms with van der Waals surface area (Å²) in [5, 5.41) is 0. The number of carbonyl (C=O) groups excluding carboxylic acids is 3. The van der Waals surface area contributed by atoms with Crippen molar-refractivity contribution in [2.24, 2.45) is 0 Å². The van der Waals surface area contributed by atoms with Crippen molar-refractivity contribution in [1.82, 2.24) is 9.47 Å². The number of pyridine rings is 1. The van der Waals surface area contributed by atoms with E-state index in [0.717, 1.165) is 6.42 Å². The van der Waals surface area contributed by atoms with Crippen molar-refractivity contribution in [1.29, 1.82) is 0 Å². The van der Waals surface area contributed by atoms with Crippen molar-refractivity contribution in [3.05, 3.63) is 99.5 Å². The van der Waals surface area contributed by atoms with Crippen molar-refractivity contribution >= 4 is 17.7 Å². The minimum atomic E-state index is -0.640. The smallest absolute Gasteiger partial charge is 0.343 e. The molecule has 1 aliphatic heterocycles. The van der Waals surface area contributed by atoms with E-state index in [-0.39, 0.29) is 42.9 Å². The van der Waals surface area contributed by atoms with Gasteiger partial charge in [0.2, 0.25) is 5.78 Å². The highest BCUT2D eigenvalue weighted by Crippen LogP contribution is 2.24. The quantitative estimate of drug-likeness (QED) is 0.209. The number of hydrogen-bond acceptors (Lipinski definition) is 6. The summed E-state index contributed by atoms with van der Waals surface area (Å²) in [7, 11) is 1.27.